The molecule has 0 saturated heterocycles. The SMILES string of the molecule is COc1cc(C=CC(=O)c2cc3cc(Cl)ccc3o2)cc(OC)c1O. The van der Waals surface area contributed by atoms with Crippen LogP contribution >= 0.6 is 11.6 Å². The van der Waals surface area contributed by atoms with Crippen molar-refractivity contribution in [2.45, 2.75) is 0 Å². The molecular weight excluding hydrogens is 344 g/mol. The van der Waals surface area contributed by atoms with Gasteiger partial charge in [0.15, 0.2) is 17.3 Å². The van der Waals surface area contributed by atoms with Crippen LogP contribution in [0.1, 0.15) is 16.1 Å². The minimum absolute atomic E-state index is 0.0948. The Morgan fingerprint density at radius 1 is 1.12 bits per heavy atom. The molecule has 0 aliphatic heterocycles. The van der Waals surface area contributed by atoms with E-state index in [9.17, 15) is 9.90 Å². The summed E-state index contributed by atoms with van der Waals surface area (Å²) in [7, 11) is 2.87. The van der Waals surface area contributed by atoms with Gasteiger partial charge in [-0.05, 0) is 48.0 Å². The smallest absolute Gasteiger partial charge is 0.221 e. The van der Waals surface area contributed by atoms with Gasteiger partial charge in [-0.25, -0.2) is 0 Å². The van der Waals surface area contributed by atoms with Crippen LogP contribution in [-0.2, 0) is 0 Å². The van der Waals surface area contributed by atoms with Gasteiger partial charge in [0.25, 0.3) is 0 Å². The van der Waals surface area contributed by atoms with Crippen molar-refractivity contribution in [1.82, 2.24) is 0 Å². The fourth-order valence-electron chi connectivity index (χ4n) is 2.40. The maximum Gasteiger partial charge on any atom is 0.221 e. The number of ketones is 1. The Bertz CT molecular complexity index is 946. The average molecular weight is 359 g/mol. The van der Waals surface area contributed by atoms with Crippen molar-refractivity contribution in [3.63, 3.8) is 0 Å². The molecule has 25 heavy (non-hydrogen) atoms. The fraction of sp³-hybridized carbons (Fsp3) is 0.105. The van der Waals surface area contributed by atoms with Crippen LogP contribution in [0, 0.1) is 0 Å². The minimum Gasteiger partial charge on any atom is -0.502 e. The lowest BCUT2D eigenvalue weighted by Crippen LogP contribution is -1.92. The summed E-state index contributed by atoms with van der Waals surface area (Å²) in [5.74, 6) is 0.335. The summed E-state index contributed by atoms with van der Waals surface area (Å²) in [6, 6.07) is 9.99. The first-order valence-electron chi connectivity index (χ1n) is 7.38. The standard InChI is InChI=1S/C19H15ClO5/c1-23-17-7-11(8-18(24-2)19(17)22)3-5-14(21)16-10-12-9-13(20)4-6-15(12)25-16/h3-10,22H,1-2H3. The molecule has 0 radical (unpaired) electrons. The molecule has 0 saturated carbocycles. The van der Waals surface area contributed by atoms with Crippen LogP contribution in [0.3, 0.4) is 0 Å². The van der Waals surface area contributed by atoms with Gasteiger partial charge in [-0.1, -0.05) is 17.7 Å². The van der Waals surface area contributed by atoms with Gasteiger partial charge in [0, 0.05) is 10.4 Å². The van der Waals surface area contributed by atoms with E-state index in [-0.39, 0.29) is 28.8 Å². The molecule has 0 amide bonds. The molecule has 0 fully saturated rings. The van der Waals surface area contributed by atoms with Crippen molar-refractivity contribution < 1.29 is 23.8 Å². The van der Waals surface area contributed by atoms with Gasteiger partial charge in [-0.2, -0.15) is 0 Å². The number of aromatic hydroxyl groups is 1. The fourth-order valence-corrected chi connectivity index (χ4v) is 2.58. The van der Waals surface area contributed by atoms with Crippen molar-refractivity contribution in [3.8, 4) is 17.2 Å². The average Bonchev–Trinajstić information content (AvgIpc) is 3.03. The summed E-state index contributed by atoms with van der Waals surface area (Å²) in [5.41, 5.74) is 1.23. The van der Waals surface area contributed by atoms with Crippen molar-refractivity contribution >= 4 is 34.4 Å². The lowest BCUT2D eigenvalue weighted by atomic mass is 10.1. The number of carbonyl (C=O) groups excluding carboxylic acids is 1. The predicted octanol–water partition coefficient (Wildman–Crippen LogP) is 4.71. The van der Waals surface area contributed by atoms with E-state index in [0.717, 1.165) is 5.39 Å². The van der Waals surface area contributed by atoms with E-state index in [0.29, 0.717) is 16.2 Å². The van der Waals surface area contributed by atoms with Gasteiger partial charge < -0.3 is 19.0 Å². The van der Waals surface area contributed by atoms with Gasteiger partial charge in [-0.3, -0.25) is 4.79 Å². The third-order valence-electron chi connectivity index (χ3n) is 3.65. The molecule has 5 nitrogen and oxygen atoms in total. The zero-order valence-electron chi connectivity index (χ0n) is 13.6. The molecule has 2 aromatic carbocycles. The topological polar surface area (TPSA) is 68.9 Å². The number of allylic oxidation sites excluding steroid dienone is 1. The summed E-state index contributed by atoms with van der Waals surface area (Å²) in [6.45, 7) is 0. The number of hydrogen-bond acceptors (Lipinski definition) is 5. The third-order valence-corrected chi connectivity index (χ3v) is 3.89. The Hall–Kier alpha value is -2.92. The van der Waals surface area contributed by atoms with E-state index in [1.54, 1.807) is 42.5 Å². The molecule has 0 bridgehead atoms. The number of ether oxygens (including phenoxy) is 2. The van der Waals surface area contributed by atoms with Crippen molar-refractivity contribution in [3.05, 3.63) is 58.8 Å². The number of hydrogen-bond donors (Lipinski definition) is 1. The Balaban J connectivity index is 1.88. The van der Waals surface area contributed by atoms with Crippen LogP contribution in [0.15, 0.2) is 46.9 Å². The van der Waals surface area contributed by atoms with Crippen LogP contribution in [0.5, 0.6) is 17.2 Å². The monoisotopic (exact) mass is 358 g/mol. The predicted molar refractivity (Wildman–Crippen MR) is 95.8 cm³/mol. The summed E-state index contributed by atoms with van der Waals surface area (Å²) >= 11 is 5.93. The van der Waals surface area contributed by atoms with Crippen molar-refractivity contribution in [1.29, 1.82) is 0 Å². The molecule has 6 heteroatoms. The minimum atomic E-state index is -0.293. The number of halogens is 1. The number of furan rings is 1. The van der Waals surface area contributed by atoms with E-state index in [2.05, 4.69) is 0 Å². The van der Waals surface area contributed by atoms with Crippen LogP contribution in [-0.4, -0.2) is 25.1 Å². The first-order chi connectivity index (χ1) is 12.0. The first-order valence-corrected chi connectivity index (χ1v) is 7.76. The summed E-state index contributed by atoms with van der Waals surface area (Å²) in [5, 5.41) is 11.2. The Kier molecular flexibility index (Phi) is 4.67. The van der Waals surface area contributed by atoms with Crippen LogP contribution < -0.4 is 9.47 Å². The van der Waals surface area contributed by atoms with Gasteiger partial charge >= 0.3 is 0 Å². The number of rotatable bonds is 5. The highest BCUT2D eigenvalue weighted by molar-refractivity contribution is 6.31. The zero-order valence-corrected chi connectivity index (χ0v) is 14.3. The molecule has 0 aliphatic rings. The quantitative estimate of drug-likeness (QED) is 0.528. The molecule has 128 valence electrons. The van der Waals surface area contributed by atoms with Crippen molar-refractivity contribution in [2.24, 2.45) is 0 Å². The third kappa shape index (κ3) is 3.46. The molecule has 0 aliphatic carbocycles. The van der Waals surface area contributed by atoms with E-state index < -0.39 is 0 Å². The van der Waals surface area contributed by atoms with Gasteiger partial charge in [0.2, 0.25) is 11.5 Å². The highest BCUT2D eigenvalue weighted by Gasteiger charge is 2.12. The van der Waals surface area contributed by atoms with Gasteiger partial charge in [0.05, 0.1) is 14.2 Å². The summed E-state index contributed by atoms with van der Waals surface area (Å²) < 4.78 is 15.7. The lowest BCUT2D eigenvalue weighted by molar-refractivity contribution is 0.102. The molecule has 0 unspecified atom stereocenters. The molecule has 3 rings (SSSR count). The van der Waals surface area contributed by atoms with Crippen LogP contribution in [0.25, 0.3) is 17.0 Å². The number of phenols is 1. The van der Waals surface area contributed by atoms with Crippen molar-refractivity contribution in [2.75, 3.05) is 14.2 Å². The van der Waals surface area contributed by atoms with Gasteiger partial charge in [-0.15, -0.1) is 0 Å². The second kappa shape index (κ2) is 6.91. The molecule has 0 spiro atoms. The number of methoxy groups -OCH3 is 2. The molecule has 1 heterocycles. The second-order valence-electron chi connectivity index (χ2n) is 5.26. The molecule has 1 N–H and O–H groups in total. The van der Waals surface area contributed by atoms with Gasteiger partial charge in [0.1, 0.15) is 5.58 Å². The number of phenolic OH excluding ortho intramolecular Hbond substituents is 1. The lowest BCUT2D eigenvalue weighted by Gasteiger charge is -2.09. The number of carbonyl (C=O) groups is 1. The maximum absolute atomic E-state index is 12.3. The van der Waals surface area contributed by atoms with E-state index in [4.69, 9.17) is 25.5 Å². The Morgan fingerprint density at radius 3 is 2.44 bits per heavy atom. The zero-order chi connectivity index (χ0) is 18.0. The number of benzene rings is 2. The maximum atomic E-state index is 12.3. The molecule has 1 aromatic heterocycles. The van der Waals surface area contributed by atoms with Crippen LogP contribution in [0.2, 0.25) is 5.02 Å². The van der Waals surface area contributed by atoms with Crippen LogP contribution in [0.4, 0.5) is 0 Å². The largest absolute Gasteiger partial charge is 0.502 e. The molecule has 0 atom stereocenters. The summed E-state index contributed by atoms with van der Waals surface area (Å²) in [6.07, 6.45) is 2.97. The van der Waals surface area contributed by atoms with E-state index in [1.807, 2.05) is 0 Å². The molecule has 3 aromatic rings. The normalized spacial score (nSPS) is 11.2. The van der Waals surface area contributed by atoms with E-state index >= 15 is 0 Å². The number of fused-ring (bicyclic) bond motifs is 1. The highest BCUT2D eigenvalue weighted by atomic mass is 35.5. The highest BCUT2D eigenvalue weighted by Crippen LogP contribution is 2.37. The van der Waals surface area contributed by atoms with E-state index in [1.165, 1.54) is 20.3 Å². The second-order valence-corrected chi connectivity index (χ2v) is 5.70. The molecular formula is C19H15ClO5. The first kappa shape index (κ1) is 16.9. The Labute approximate surface area is 149 Å². The summed E-state index contributed by atoms with van der Waals surface area (Å²) in [4.78, 5) is 12.3. The Morgan fingerprint density at radius 2 is 1.80 bits per heavy atom.